The number of nitrogens with zero attached hydrogens (tertiary/aromatic N) is 2. The number of amides is 1. The van der Waals surface area contributed by atoms with Crippen LogP contribution in [0.25, 0.3) is 0 Å². The number of nitrogens with one attached hydrogen (secondary N) is 1. The molecule has 1 heterocycles. The minimum absolute atomic E-state index is 0.239. The van der Waals surface area contributed by atoms with Gasteiger partial charge in [0.15, 0.2) is 0 Å². The predicted octanol–water partition coefficient (Wildman–Crippen LogP) is 2.07. The van der Waals surface area contributed by atoms with Gasteiger partial charge in [-0.25, -0.2) is 4.98 Å². The van der Waals surface area contributed by atoms with E-state index in [-0.39, 0.29) is 11.4 Å². The number of imidazole rings is 1. The van der Waals surface area contributed by atoms with Crippen molar-refractivity contribution in [3.8, 4) is 0 Å². The van der Waals surface area contributed by atoms with Gasteiger partial charge in [0.05, 0.1) is 6.33 Å². The molecule has 0 spiro atoms. The highest BCUT2D eigenvalue weighted by Gasteiger charge is 2.31. The number of hydrogen-bond acceptors (Lipinski definition) is 3. The van der Waals surface area contributed by atoms with E-state index in [0.29, 0.717) is 5.56 Å². The number of aromatic nitrogens is 2. The lowest BCUT2D eigenvalue weighted by Crippen LogP contribution is -2.45. The molecule has 0 aliphatic carbocycles. The molecule has 1 amide bonds. The SMILES string of the molecule is CC(C)(C)NC(=O)C(C(O)c1ccccc1)n1ccnc1. The van der Waals surface area contributed by atoms with Crippen LogP contribution in [0.15, 0.2) is 49.1 Å². The Bertz CT molecular complexity index is 573. The van der Waals surface area contributed by atoms with E-state index in [4.69, 9.17) is 0 Å². The average Bonchev–Trinajstić information content (AvgIpc) is 2.91. The summed E-state index contributed by atoms with van der Waals surface area (Å²) in [5, 5.41) is 13.5. The van der Waals surface area contributed by atoms with E-state index in [1.165, 1.54) is 0 Å². The molecule has 0 fully saturated rings. The fourth-order valence-electron chi connectivity index (χ4n) is 2.15. The highest BCUT2D eigenvalue weighted by atomic mass is 16.3. The summed E-state index contributed by atoms with van der Waals surface area (Å²) in [6.45, 7) is 5.72. The molecule has 2 rings (SSSR count). The van der Waals surface area contributed by atoms with Crippen LogP contribution >= 0.6 is 0 Å². The zero-order chi connectivity index (χ0) is 15.5. The van der Waals surface area contributed by atoms with Gasteiger partial charge in [0.2, 0.25) is 5.91 Å². The molecule has 112 valence electrons. The molecule has 5 nitrogen and oxygen atoms in total. The minimum Gasteiger partial charge on any atom is -0.386 e. The molecule has 0 aliphatic heterocycles. The van der Waals surface area contributed by atoms with Crippen LogP contribution in [0.5, 0.6) is 0 Å². The van der Waals surface area contributed by atoms with E-state index in [1.807, 2.05) is 39.0 Å². The average molecular weight is 287 g/mol. The Morgan fingerprint density at radius 1 is 1.29 bits per heavy atom. The standard InChI is InChI=1S/C16H21N3O2/c1-16(2,3)18-15(21)13(19-10-9-17-11-19)14(20)12-7-5-4-6-8-12/h4-11,13-14,20H,1-3H3,(H,18,21). The normalized spacial score (nSPS) is 14.5. The second-order valence-electron chi connectivity index (χ2n) is 6.05. The van der Waals surface area contributed by atoms with Crippen LogP contribution in [-0.4, -0.2) is 26.1 Å². The van der Waals surface area contributed by atoms with Crippen molar-refractivity contribution in [3.05, 3.63) is 54.6 Å². The molecule has 5 heteroatoms. The summed E-state index contributed by atoms with van der Waals surface area (Å²) in [6, 6.07) is 8.40. The summed E-state index contributed by atoms with van der Waals surface area (Å²) in [5.41, 5.74) is 0.326. The van der Waals surface area contributed by atoms with Crippen molar-refractivity contribution in [3.63, 3.8) is 0 Å². The number of benzene rings is 1. The number of rotatable bonds is 4. The predicted molar refractivity (Wildman–Crippen MR) is 80.6 cm³/mol. The zero-order valence-corrected chi connectivity index (χ0v) is 12.5. The molecule has 2 aromatic rings. The van der Waals surface area contributed by atoms with Gasteiger partial charge in [0, 0.05) is 17.9 Å². The Hall–Kier alpha value is -2.14. The molecular formula is C16H21N3O2. The Labute approximate surface area is 124 Å². The lowest BCUT2D eigenvalue weighted by molar-refractivity contribution is -0.129. The summed E-state index contributed by atoms with van der Waals surface area (Å²) in [7, 11) is 0. The molecule has 2 N–H and O–H groups in total. The van der Waals surface area contributed by atoms with Crippen LogP contribution in [0, 0.1) is 0 Å². The Morgan fingerprint density at radius 2 is 1.95 bits per heavy atom. The van der Waals surface area contributed by atoms with Crippen molar-refractivity contribution in [2.45, 2.75) is 38.5 Å². The zero-order valence-electron chi connectivity index (χ0n) is 12.5. The minimum atomic E-state index is -0.942. The van der Waals surface area contributed by atoms with Gasteiger partial charge in [-0.2, -0.15) is 0 Å². The van der Waals surface area contributed by atoms with Gasteiger partial charge in [-0.15, -0.1) is 0 Å². The third-order valence-electron chi connectivity index (χ3n) is 3.05. The second kappa shape index (κ2) is 6.10. The molecule has 1 aromatic heterocycles. The number of carbonyl (C=O) groups excluding carboxylic acids is 1. The topological polar surface area (TPSA) is 67.2 Å². The largest absolute Gasteiger partial charge is 0.386 e. The first-order valence-electron chi connectivity index (χ1n) is 6.91. The van der Waals surface area contributed by atoms with Crippen molar-refractivity contribution < 1.29 is 9.90 Å². The van der Waals surface area contributed by atoms with E-state index >= 15 is 0 Å². The van der Waals surface area contributed by atoms with E-state index in [9.17, 15) is 9.90 Å². The number of carbonyl (C=O) groups is 1. The van der Waals surface area contributed by atoms with E-state index in [1.54, 1.807) is 35.4 Å². The highest BCUT2D eigenvalue weighted by Crippen LogP contribution is 2.27. The first-order valence-corrected chi connectivity index (χ1v) is 6.91. The maximum atomic E-state index is 12.6. The number of aliphatic hydroxyl groups is 1. The van der Waals surface area contributed by atoms with Gasteiger partial charge in [0.25, 0.3) is 0 Å². The van der Waals surface area contributed by atoms with E-state index in [2.05, 4.69) is 10.3 Å². The van der Waals surface area contributed by atoms with Gasteiger partial charge in [0.1, 0.15) is 12.1 Å². The summed E-state index contributed by atoms with van der Waals surface area (Å²) < 4.78 is 1.62. The van der Waals surface area contributed by atoms with Crippen LogP contribution in [-0.2, 0) is 4.79 Å². The Morgan fingerprint density at radius 3 is 2.48 bits per heavy atom. The first kappa shape index (κ1) is 15.3. The van der Waals surface area contributed by atoms with Crippen molar-refractivity contribution >= 4 is 5.91 Å². The van der Waals surface area contributed by atoms with Gasteiger partial charge in [-0.1, -0.05) is 30.3 Å². The molecule has 1 aromatic carbocycles. The van der Waals surface area contributed by atoms with Crippen molar-refractivity contribution in [2.75, 3.05) is 0 Å². The molecule has 0 aliphatic rings. The van der Waals surface area contributed by atoms with Crippen LogP contribution in [0.1, 0.15) is 38.5 Å². The monoisotopic (exact) mass is 287 g/mol. The van der Waals surface area contributed by atoms with Crippen LogP contribution in [0.2, 0.25) is 0 Å². The molecule has 21 heavy (non-hydrogen) atoms. The van der Waals surface area contributed by atoms with E-state index < -0.39 is 12.1 Å². The van der Waals surface area contributed by atoms with Gasteiger partial charge < -0.3 is 15.0 Å². The molecule has 0 bridgehead atoms. The van der Waals surface area contributed by atoms with Gasteiger partial charge >= 0.3 is 0 Å². The lowest BCUT2D eigenvalue weighted by atomic mass is 10.00. The van der Waals surface area contributed by atoms with Crippen LogP contribution in [0.3, 0.4) is 0 Å². The van der Waals surface area contributed by atoms with Crippen molar-refractivity contribution in [1.29, 1.82) is 0 Å². The first-order chi connectivity index (χ1) is 9.88. The summed E-state index contributed by atoms with van der Waals surface area (Å²) in [6.07, 6.45) is 3.87. The maximum absolute atomic E-state index is 12.6. The summed E-state index contributed by atoms with van der Waals surface area (Å²) >= 11 is 0. The smallest absolute Gasteiger partial charge is 0.246 e. The van der Waals surface area contributed by atoms with Crippen LogP contribution < -0.4 is 5.32 Å². The molecule has 2 unspecified atom stereocenters. The number of aliphatic hydroxyl groups excluding tert-OH is 1. The molecule has 0 saturated carbocycles. The Kier molecular flexibility index (Phi) is 4.43. The second-order valence-corrected chi connectivity index (χ2v) is 6.05. The molecule has 0 saturated heterocycles. The third kappa shape index (κ3) is 3.92. The number of hydrogen-bond donors (Lipinski definition) is 2. The highest BCUT2D eigenvalue weighted by molar-refractivity contribution is 5.81. The van der Waals surface area contributed by atoms with Gasteiger partial charge in [-0.05, 0) is 26.3 Å². The molecular weight excluding hydrogens is 266 g/mol. The van der Waals surface area contributed by atoms with Gasteiger partial charge in [-0.3, -0.25) is 4.79 Å². The Balaban J connectivity index is 2.31. The third-order valence-corrected chi connectivity index (χ3v) is 3.05. The van der Waals surface area contributed by atoms with Crippen molar-refractivity contribution in [1.82, 2.24) is 14.9 Å². The maximum Gasteiger partial charge on any atom is 0.246 e. The molecule has 2 atom stereocenters. The van der Waals surface area contributed by atoms with E-state index in [0.717, 1.165) is 0 Å². The fraction of sp³-hybridized carbons (Fsp3) is 0.375. The van der Waals surface area contributed by atoms with Crippen molar-refractivity contribution in [2.24, 2.45) is 0 Å². The summed E-state index contributed by atoms with van der Waals surface area (Å²) in [5.74, 6) is -0.239. The lowest BCUT2D eigenvalue weighted by Gasteiger charge is -2.28. The molecule has 0 radical (unpaired) electrons. The fourth-order valence-corrected chi connectivity index (χ4v) is 2.15. The van der Waals surface area contributed by atoms with Crippen LogP contribution in [0.4, 0.5) is 0 Å². The summed E-state index contributed by atoms with van der Waals surface area (Å²) in [4.78, 5) is 16.5. The quantitative estimate of drug-likeness (QED) is 0.904.